The Labute approximate surface area is 149 Å². The summed E-state index contributed by atoms with van der Waals surface area (Å²) in [6.07, 6.45) is 1.23. The molecule has 132 valence electrons. The average Bonchev–Trinajstić information content (AvgIpc) is 3.39. The van der Waals surface area contributed by atoms with Gasteiger partial charge >= 0.3 is 0 Å². The van der Waals surface area contributed by atoms with Crippen molar-refractivity contribution in [1.82, 2.24) is 4.31 Å². The van der Waals surface area contributed by atoms with Crippen LogP contribution in [0.2, 0.25) is 5.02 Å². The molecule has 0 radical (unpaired) electrons. The Morgan fingerprint density at radius 2 is 1.88 bits per heavy atom. The summed E-state index contributed by atoms with van der Waals surface area (Å²) in [5.74, 6) is -0.615. The predicted molar refractivity (Wildman–Crippen MR) is 90.3 cm³/mol. The lowest BCUT2D eigenvalue weighted by Crippen LogP contribution is -2.33. The Bertz CT molecular complexity index is 911. The highest BCUT2D eigenvalue weighted by Gasteiger charge is 2.41. The van der Waals surface area contributed by atoms with Crippen LogP contribution in [0.25, 0.3) is 0 Å². The number of para-hydroxylation sites is 1. The van der Waals surface area contributed by atoms with Crippen LogP contribution in [-0.2, 0) is 16.6 Å². The molecule has 1 aliphatic carbocycles. The van der Waals surface area contributed by atoms with E-state index >= 15 is 0 Å². The minimum absolute atomic E-state index is 0.0539. The van der Waals surface area contributed by atoms with Crippen LogP contribution in [0.4, 0.5) is 10.1 Å². The number of rotatable bonds is 6. The van der Waals surface area contributed by atoms with Crippen molar-refractivity contribution in [3.63, 3.8) is 0 Å². The summed E-state index contributed by atoms with van der Waals surface area (Å²) in [5, 5.41) is 11.3. The Balaban J connectivity index is 2.05. The fraction of sp³-hybridized carbons (Fsp3) is 0.250. The summed E-state index contributed by atoms with van der Waals surface area (Å²) in [5.41, 5.74) is -0.453. The minimum Gasteiger partial charge on any atom is -0.258 e. The van der Waals surface area contributed by atoms with Gasteiger partial charge in [0.05, 0.1) is 4.92 Å². The van der Waals surface area contributed by atoms with Gasteiger partial charge in [-0.05, 0) is 31.0 Å². The highest BCUT2D eigenvalue weighted by Crippen LogP contribution is 2.37. The molecule has 6 nitrogen and oxygen atoms in total. The van der Waals surface area contributed by atoms with Gasteiger partial charge in [-0.1, -0.05) is 29.8 Å². The van der Waals surface area contributed by atoms with Crippen LogP contribution in [0.3, 0.4) is 0 Å². The fourth-order valence-electron chi connectivity index (χ4n) is 2.56. The molecule has 0 amide bonds. The summed E-state index contributed by atoms with van der Waals surface area (Å²) in [4.78, 5) is 10.0. The van der Waals surface area contributed by atoms with E-state index in [0.29, 0.717) is 12.8 Å². The maximum atomic E-state index is 14.1. The van der Waals surface area contributed by atoms with E-state index in [1.165, 1.54) is 36.4 Å². The third-order valence-electron chi connectivity index (χ3n) is 3.98. The van der Waals surface area contributed by atoms with Gasteiger partial charge in [-0.15, -0.1) is 0 Å². The summed E-state index contributed by atoms with van der Waals surface area (Å²) < 4.78 is 41.2. The first-order valence-corrected chi connectivity index (χ1v) is 9.32. The molecule has 3 rings (SSSR count). The number of hydrogen-bond donors (Lipinski definition) is 0. The number of nitro benzene ring substituents is 1. The zero-order chi connectivity index (χ0) is 18.2. The third-order valence-corrected chi connectivity index (χ3v) is 6.28. The van der Waals surface area contributed by atoms with Crippen molar-refractivity contribution in [1.29, 1.82) is 0 Å². The van der Waals surface area contributed by atoms with Gasteiger partial charge < -0.3 is 0 Å². The van der Waals surface area contributed by atoms with E-state index in [-0.39, 0.29) is 23.2 Å². The van der Waals surface area contributed by atoms with Crippen LogP contribution in [0, 0.1) is 15.9 Å². The molecule has 25 heavy (non-hydrogen) atoms. The van der Waals surface area contributed by atoms with Crippen LogP contribution < -0.4 is 0 Å². The number of halogens is 2. The molecule has 0 aromatic heterocycles. The van der Waals surface area contributed by atoms with Crippen molar-refractivity contribution in [3.05, 3.63) is 69.0 Å². The molecule has 2 aromatic carbocycles. The largest absolute Gasteiger partial charge is 0.289 e. The highest BCUT2D eigenvalue weighted by molar-refractivity contribution is 7.89. The van der Waals surface area contributed by atoms with Crippen molar-refractivity contribution in [2.45, 2.75) is 30.3 Å². The van der Waals surface area contributed by atoms with Crippen LogP contribution in [-0.4, -0.2) is 23.7 Å². The molecule has 0 unspecified atom stereocenters. The highest BCUT2D eigenvalue weighted by atomic mass is 35.5. The molecule has 1 fully saturated rings. The van der Waals surface area contributed by atoms with Crippen LogP contribution in [0.15, 0.2) is 47.4 Å². The number of hydrogen-bond acceptors (Lipinski definition) is 4. The lowest BCUT2D eigenvalue weighted by Gasteiger charge is -2.22. The van der Waals surface area contributed by atoms with Gasteiger partial charge in [-0.3, -0.25) is 10.1 Å². The van der Waals surface area contributed by atoms with Gasteiger partial charge in [0.15, 0.2) is 4.90 Å². The topological polar surface area (TPSA) is 80.5 Å². The smallest absolute Gasteiger partial charge is 0.258 e. The maximum Gasteiger partial charge on any atom is 0.289 e. The number of sulfonamides is 1. The minimum atomic E-state index is -4.18. The molecule has 2 aromatic rings. The van der Waals surface area contributed by atoms with Gasteiger partial charge in [-0.25, -0.2) is 12.8 Å². The first kappa shape index (κ1) is 17.8. The SMILES string of the molecule is O=[N+]([O-])c1ccccc1S(=O)(=O)N(Cc1c(F)cccc1Cl)C1CC1. The van der Waals surface area contributed by atoms with Crippen molar-refractivity contribution in [2.75, 3.05) is 0 Å². The third kappa shape index (κ3) is 3.51. The second-order valence-corrected chi connectivity index (χ2v) is 7.97. The van der Waals surface area contributed by atoms with E-state index < -0.39 is 31.3 Å². The Morgan fingerprint density at radius 1 is 1.20 bits per heavy atom. The normalized spacial score (nSPS) is 14.7. The maximum absolute atomic E-state index is 14.1. The van der Waals surface area contributed by atoms with E-state index in [1.807, 2.05) is 0 Å². The molecule has 0 atom stereocenters. The first-order valence-electron chi connectivity index (χ1n) is 7.50. The zero-order valence-electron chi connectivity index (χ0n) is 12.9. The standard InChI is InChI=1S/C16H14ClFN2O4S/c17-13-4-3-5-14(18)12(13)10-19(11-8-9-11)25(23,24)16-7-2-1-6-15(16)20(21)22/h1-7,11H,8-10H2. The molecule has 0 N–H and O–H groups in total. The fourth-order valence-corrected chi connectivity index (χ4v) is 4.60. The molecule has 9 heteroatoms. The quantitative estimate of drug-likeness (QED) is 0.561. The second-order valence-electron chi connectivity index (χ2n) is 5.71. The Hall–Kier alpha value is -2.03. The van der Waals surface area contributed by atoms with Gasteiger partial charge in [-0.2, -0.15) is 4.31 Å². The first-order chi connectivity index (χ1) is 11.8. The van der Waals surface area contributed by atoms with Crippen molar-refractivity contribution in [3.8, 4) is 0 Å². The van der Waals surface area contributed by atoms with Gasteiger partial charge in [0.1, 0.15) is 5.82 Å². The molecule has 0 aliphatic heterocycles. The zero-order valence-corrected chi connectivity index (χ0v) is 14.5. The summed E-state index contributed by atoms with van der Waals surface area (Å²) in [7, 11) is -4.18. The monoisotopic (exact) mass is 384 g/mol. The number of nitro groups is 1. The van der Waals surface area contributed by atoms with Gasteiger partial charge in [0, 0.05) is 29.2 Å². The van der Waals surface area contributed by atoms with E-state index in [2.05, 4.69) is 0 Å². The summed E-state index contributed by atoms with van der Waals surface area (Å²) in [6, 6.07) is 8.92. The molecule has 0 spiro atoms. The van der Waals surface area contributed by atoms with E-state index in [4.69, 9.17) is 11.6 Å². The van der Waals surface area contributed by atoms with Crippen LogP contribution >= 0.6 is 11.6 Å². The van der Waals surface area contributed by atoms with E-state index in [9.17, 15) is 22.9 Å². The summed E-state index contributed by atoms with van der Waals surface area (Å²) >= 11 is 6.01. The Morgan fingerprint density at radius 3 is 2.48 bits per heavy atom. The average molecular weight is 385 g/mol. The van der Waals surface area contributed by atoms with Gasteiger partial charge in [0.2, 0.25) is 10.0 Å². The molecule has 1 saturated carbocycles. The predicted octanol–water partition coefficient (Wildman–Crippen LogP) is 3.74. The van der Waals surface area contributed by atoms with Crippen molar-refractivity contribution < 1.29 is 17.7 Å². The van der Waals surface area contributed by atoms with Crippen LogP contribution in [0.1, 0.15) is 18.4 Å². The van der Waals surface area contributed by atoms with Crippen LogP contribution in [0.5, 0.6) is 0 Å². The van der Waals surface area contributed by atoms with Gasteiger partial charge in [0.25, 0.3) is 5.69 Å². The van der Waals surface area contributed by atoms with E-state index in [0.717, 1.165) is 10.4 Å². The molecular formula is C16H14ClFN2O4S. The lowest BCUT2D eigenvalue weighted by atomic mass is 10.2. The molecule has 1 aliphatic rings. The second kappa shape index (κ2) is 6.70. The molecule has 0 saturated heterocycles. The van der Waals surface area contributed by atoms with Crippen molar-refractivity contribution in [2.24, 2.45) is 0 Å². The molecular weight excluding hydrogens is 371 g/mol. The molecule has 0 bridgehead atoms. The number of benzene rings is 2. The van der Waals surface area contributed by atoms with Crippen molar-refractivity contribution >= 4 is 27.3 Å². The lowest BCUT2D eigenvalue weighted by molar-refractivity contribution is -0.387. The Kier molecular flexibility index (Phi) is 4.77. The molecule has 0 heterocycles. The number of nitrogens with zero attached hydrogens (tertiary/aromatic N) is 2. The van der Waals surface area contributed by atoms with E-state index in [1.54, 1.807) is 0 Å². The summed E-state index contributed by atoms with van der Waals surface area (Å²) in [6.45, 7) is -0.273.